The summed E-state index contributed by atoms with van der Waals surface area (Å²) < 4.78 is 5.35. The first-order chi connectivity index (χ1) is 8.19. The van der Waals surface area contributed by atoms with Crippen molar-refractivity contribution in [1.82, 2.24) is 9.97 Å². The van der Waals surface area contributed by atoms with Crippen molar-refractivity contribution in [2.75, 3.05) is 6.61 Å². The maximum absolute atomic E-state index is 5.82. The average molecular weight is 269 g/mol. The summed E-state index contributed by atoms with van der Waals surface area (Å²) >= 11 is 11.6. The summed E-state index contributed by atoms with van der Waals surface area (Å²) in [6.45, 7) is 2.58. The summed E-state index contributed by atoms with van der Waals surface area (Å²) in [4.78, 5) is 8.22. The van der Waals surface area contributed by atoms with Gasteiger partial charge in [0.15, 0.2) is 5.82 Å². The second-order valence-corrected chi connectivity index (χ2v) is 4.07. The van der Waals surface area contributed by atoms with Gasteiger partial charge in [-0.2, -0.15) is 0 Å². The zero-order chi connectivity index (χ0) is 12.3. The first-order valence-electron chi connectivity index (χ1n) is 5.12. The molecule has 0 saturated heterocycles. The molecule has 1 aromatic carbocycles. The molecule has 0 aliphatic heterocycles. The molecule has 0 aliphatic carbocycles. The third-order valence-corrected chi connectivity index (χ3v) is 2.47. The van der Waals surface area contributed by atoms with E-state index in [0.29, 0.717) is 22.7 Å². The van der Waals surface area contributed by atoms with Crippen LogP contribution in [0.25, 0.3) is 11.4 Å². The minimum absolute atomic E-state index is 0.328. The van der Waals surface area contributed by atoms with Gasteiger partial charge in [-0.05, 0) is 31.2 Å². The molecule has 0 bridgehead atoms. The third kappa shape index (κ3) is 3.08. The molecule has 17 heavy (non-hydrogen) atoms. The summed E-state index contributed by atoms with van der Waals surface area (Å²) in [5, 5.41) is 0.655. The highest BCUT2D eigenvalue weighted by molar-refractivity contribution is 6.33. The van der Waals surface area contributed by atoms with Crippen LogP contribution < -0.4 is 4.74 Å². The van der Waals surface area contributed by atoms with Crippen molar-refractivity contribution >= 4 is 23.2 Å². The van der Waals surface area contributed by atoms with Crippen LogP contribution in [-0.2, 0) is 0 Å². The van der Waals surface area contributed by atoms with Gasteiger partial charge in [0.2, 0.25) is 0 Å². The monoisotopic (exact) mass is 268 g/mol. The summed E-state index contributed by atoms with van der Waals surface area (Å²) in [6, 6.07) is 8.95. The molecule has 0 saturated carbocycles. The van der Waals surface area contributed by atoms with Crippen molar-refractivity contribution < 1.29 is 4.74 Å². The molecule has 0 atom stereocenters. The third-order valence-electron chi connectivity index (χ3n) is 2.09. The van der Waals surface area contributed by atoms with Crippen molar-refractivity contribution in [3.8, 4) is 17.1 Å². The maximum atomic E-state index is 5.82. The van der Waals surface area contributed by atoms with E-state index in [9.17, 15) is 0 Å². The Kier molecular flexibility index (Phi) is 3.82. The van der Waals surface area contributed by atoms with Gasteiger partial charge in [0.25, 0.3) is 0 Å². The van der Waals surface area contributed by atoms with E-state index < -0.39 is 0 Å². The van der Waals surface area contributed by atoms with Crippen LogP contribution in [0.5, 0.6) is 5.75 Å². The van der Waals surface area contributed by atoms with E-state index in [1.165, 1.54) is 6.07 Å². The van der Waals surface area contributed by atoms with E-state index in [-0.39, 0.29) is 0 Å². The number of halogens is 2. The molecule has 0 unspecified atom stereocenters. The number of hydrogen-bond donors (Lipinski definition) is 0. The minimum Gasteiger partial charge on any atom is -0.494 e. The number of hydrogen-bond acceptors (Lipinski definition) is 3. The van der Waals surface area contributed by atoms with Crippen LogP contribution in [0.3, 0.4) is 0 Å². The normalized spacial score (nSPS) is 10.3. The highest BCUT2D eigenvalue weighted by Crippen LogP contribution is 2.22. The van der Waals surface area contributed by atoms with Crippen molar-refractivity contribution in [2.45, 2.75) is 6.92 Å². The molecule has 5 heteroatoms. The molecule has 0 amide bonds. The summed E-state index contributed by atoms with van der Waals surface area (Å²) in [5.41, 5.74) is 0.845. The molecular formula is C12H10Cl2N2O. The Morgan fingerprint density at radius 3 is 2.18 bits per heavy atom. The quantitative estimate of drug-likeness (QED) is 0.794. The Bertz CT molecular complexity index is 494. The zero-order valence-corrected chi connectivity index (χ0v) is 10.7. The van der Waals surface area contributed by atoms with E-state index >= 15 is 0 Å². The molecule has 0 N–H and O–H groups in total. The van der Waals surface area contributed by atoms with Gasteiger partial charge in [-0.15, -0.1) is 0 Å². The smallest absolute Gasteiger partial charge is 0.162 e. The molecule has 0 radical (unpaired) electrons. The lowest BCUT2D eigenvalue weighted by Crippen LogP contribution is -1.92. The molecule has 2 rings (SSSR count). The van der Waals surface area contributed by atoms with E-state index in [1.54, 1.807) is 0 Å². The van der Waals surface area contributed by atoms with Crippen LogP contribution in [0.1, 0.15) is 6.92 Å². The number of aromatic nitrogens is 2. The lowest BCUT2D eigenvalue weighted by atomic mass is 10.2. The van der Waals surface area contributed by atoms with E-state index in [0.717, 1.165) is 11.3 Å². The lowest BCUT2D eigenvalue weighted by Gasteiger charge is -2.04. The Morgan fingerprint density at radius 1 is 1.06 bits per heavy atom. The SMILES string of the molecule is CCOc1ccc(-c2nc(Cl)cc(Cl)n2)cc1. The fourth-order valence-corrected chi connectivity index (χ4v) is 1.81. The molecule has 0 fully saturated rings. The predicted octanol–water partition coefficient (Wildman–Crippen LogP) is 3.85. The van der Waals surface area contributed by atoms with Crippen LogP contribution >= 0.6 is 23.2 Å². The van der Waals surface area contributed by atoms with Crippen molar-refractivity contribution in [2.24, 2.45) is 0 Å². The van der Waals surface area contributed by atoms with Gasteiger partial charge < -0.3 is 4.74 Å². The Hall–Kier alpha value is -1.32. The zero-order valence-electron chi connectivity index (χ0n) is 9.15. The average Bonchev–Trinajstić information content (AvgIpc) is 2.29. The van der Waals surface area contributed by atoms with Gasteiger partial charge >= 0.3 is 0 Å². The molecule has 88 valence electrons. The lowest BCUT2D eigenvalue weighted by molar-refractivity contribution is 0.340. The topological polar surface area (TPSA) is 35.0 Å². The van der Waals surface area contributed by atoms with E-state index in [4.69, 9.17) is 27.9 Å². The van der Waals surface area contributed by atoms with Crippen LogP contribution in [0.4, 0.5) is 0 Å². The van der Waals surface area contributed by atoms with Gasteiger partial charge in [-0.25, -0.2) is 9.97 Å². The first-order valence-corrected chi connectivity index (χ1v) is 5.88. The van der Waals surface area contributed by atoms with Crippen LogP contribution in [0, 0.1) is 0 Å². The Morgan fingerprint density at radius 2 is 1.65 bits per heavy atom. The second-order valence-electron chi connectivity index (χ2n) is 3.29. The largest absolute Gasteiger partial charge is 0.494 e. The first kappa shape index (κ1) is 12.1. The molecule has 0 spiro atoms. The van der Waals surface area contributed by atoms with Gasteiger partial charge in [0.1, 0.15) is 16.1 Å². The highest BCUT2D eigenvalue weighted by Gasteiger charge is 2.04. The standard InChI is InChI=1S/C12H10Cl2N2O/c1-2-17-9-5-3-8(4-6-9)12-15-10(13)7-11(14)16-12/h3-7H,2H2,1H3. The van der Waals surface area contributed by atoms with E-state index in [1.807, 2.05) is 31.2 Å². The van der Waals surface area contributed by atoms with Crippen LogP contribution in [0.15, 0.2) is 30.3 Å². The number of ether oxygens (including phenoxy) is 1. The molecular weight excluding hydrogens is 259 g/mol. The van der Waals surface area contributed by atoms with E-state index in [2.05, 4.69) is 9.97 Å². The molecule has 3 nitrogen and oxygen atoms in total. The summed E-state index contributed by atoms with van der Waals surface area (Å²) in [7, 11) is 0. The number of rotatable bonds is 3. The Labute approximate surface area is 109 Å². The van der Waals surface area contributed by atoms with Gasteiger partial charge in [-0.3, -0.25) is 0 Å². The summed E-state index contributed by atoms with van der Waals surface area (Å²) in [5.74, 6) is 1.31. The number of nitrogens with zero attached hydrogens (tertiary/aromatic N) is 2. The molecule has 1 aromatic heterocycles. The summed E-state index contributed by atoms with van der Waals surface area (Å²) in [6.07, 6.45) is 0. The van der Waals surface area contributed by atoms with Crippen molar-refractivity contribution in [1.29, 1.82) is 0 Å². The molecule has 0 aliphatic rings. The van der Waals surface area contributed by atoms with Gasteiger partial charge in [0.05, 0.1) is 6.61 Å². The van der Waals surface area contributed by atoms with Gasteiger partial charge in [-0.1, -0.05) is 23.2 Å². The highest BCUT2D eigenvalue weighted by atomic mass is 35.5. The van der Waals surface area contributed by atoms with Gasteiger partial charge in [0, 0.05) is 11.6 Å². The fraction of sp³-hybridized carbons (Fsp3) is 0.167. The van der Waals surface area contributed by atoms with Crippen molar-refractivity contribution in [3.05, 3.63) is 40.6 Å². The van der Waals surface area contributed by atoms with Crippen molar-refractivity contribution in [3.63, 3.8) is 0 Å². The Balaban J connectivity index is 2.32. The fourth-order valence-electron chi connectivity index (χ4n) is 1.39. The molecule has 1 heterocycles. The maximum Gasteiger partial charge on any atom is 0.162 e. The molecule has 2 aromatic rings. The predicted molar refractivity (Wildman–Crippen MR) is 68.7 cm³/mol. The number of benzene rings is 1. The van der Waals surface area contributed by atoms with Crippen LogP contribution in [0.2, 0.25) is 10.3 Å². The minimum atomic E-state index is 0.328. The second kappa shape index (κ2) is 5.34. The van der Waals surface area contributed by atoms with Crippen LogP contribution in [-0.4, -0.2) is 16.6 Å².